The van der Waals surface area contributed by atoms with Crippen LogP contribution in [0.1, 0.15) is 5.56 Å². The molecular weight excluding hydrogens is 266 g/mol. The Morgan fingerprint density at radius 3 is 2.11 bits per heavy atom. The molecule has 102 valence electrons. The zero-order valence-corrected chi connectivity index (χ0v) is 10.5. The van der Waals surface area contributed by atoms with Gasteiger partial charge in [0.1, 0.15) is 0 Å². The summed E-state index contributed by atoms with van der Waals surface area (Å²) in [6.07, 6.45) is 0.632. The van der Waals surface area contributed by atoms with Gasteiger partial charge in [-0.15, -0.1) is 10.2 Å². The van der Waals surface area contributed by atoms with Gasteiger partial charge in [0.05, 0.1) is 7.11 Å². The van der Waals surface area contributed by atoms with E-state index >= 15 is 0 Å². The van der Waals surface area contributed by atoms with Crippen molar-refractivity contribution in [3.63, 3.8) is 0 Å². The SMILES string of the molecule is COC(=O)[C@H]([NH3+])Cc1ccccc1.[O-][Cl+3]([O-])([O-])[O-]. The quantitative estimate of drug-likeness (QED) is 0.550. The van der Waals surface area contributed by atoms with Crippen molar-refractivity contribution in [2.24, 2.45) is 0 Å². The third kappa shape index (κ3) is 9.97. The van der Waals surface area contributed by atoms with E-state index in [4.69, 9.17) is 18.6 Å². The summed E-state index contributed by atoms with van der Waals surface area (Å²) in [5.41, 5.74) is 4.83. The molecule has 0 aliphatic rings. The lowest BCUT2D eigenvalue weighted by molar-refractivity contribution is -2.00. The Morgan fingerprint density at radius 2 is 1.72 bits per heavy atom. The van der Waals surface area contributed by atoms with Gasteiger partial charge in [0.2, 0.25) is 0 Å². The fourth-order valence-corrected chi connectivity index (χ4v) is 1.15. The van der Waals surface area contributed by atoms with Crippen LogP contribution in [0.25, 0.3) is 0 Å². The Balaban J connectivity index is 0.000000494. The van der Waals surface area contributed by atoms with Gasteiger partial charge in [-0.25, -0.2) is 23.4 Å². The maximum atomic E-state index is 11.0. The average molecular weight is 280 g/mol. The van der Waals surface area contributed by atoms with Crippen LogP contribution >= 0.6 is 0 Å². The summed E-state index contributed by atoms with van der Waals surface area (Å²) in [5, 5.41) is 0. The summed E-state index contributed by atoms with van der Waals surface area (Å²) in [6.45, 7) is 0. The smallest absolute Gasteiger partial charge is 0.364 e. The summed E-state index contributed by atoms with van der Waals surface area (Å²) in [4.78, 5) is 11.0. The maximum absolute atomic E-state index is 11.0. The predicted molar refractivity (Wildman–Crippen MR) is 48.8 cm³/mol. The number of hydrogen-bond acceptors (Lipinski definition) is 6. The number of halogens is 1. The van der Waals surface area contributed by atoms with E-state index in [2.05, 4.69) is 10.5 Å². The molecular formula is C10H14ClNO6. The molecule has 0 aliphatic heterocycles. The molecule has 18 heavy (non-hydrogen) atoms. The molecule has 1 aromatic rings. The van der Waals surface area contributed by atoms with Crippen LogP contribution in [-0.4, -0.2) is 19.1 Å². The van der Waals surface area contributed by atoms with E-state index in [9.17, 15) is 4.79 Å². The van der Waals surface area contributed by atoms with Crippen LogP contribution in [0.2, 0.25) is 0 Å². The summed E-state index contributed by atoms with van der Waals surface area (Å²) in [6, 6.07) is 9.47. The molecule has 7 nitrogen and oxygen atoms in total. The number of esters is 1. The fourth-order valence-electron chi connectivity index (χ4n) is 1.15. The second-order valence-electron chi connectivity index (χ2n) is 3.29. The summed E-state index contributed by atoms with van der Waals surface area (Å²) in [5.74, 6) is -0.260. The Hall–Kier alpha value is -1.22. The van der Waals surface area contributed by atoms with E-state index in [-0.39, 0.29) is 12.0 Å². The van der Waals surface area contributed by atoms with Gasteiger partial charge in [0.15, 0.2) is 6.04 Å². The highest BCUT2D eigenvalue weighted by atomic mass is 35.7. The number of methoxy groups -OCH3 is 1. The van der Waals surface area contributed by atoms with Crippen LogP contribution in [0.4, 0.5) is 0 Å². The van der Waals surface area contributed by atoms with Gasteiger partial charge in [-0.05, 0) is 5.56 Å². The third-order valence-corrected chi connectivity index (χ3v) is 1.86. The zero-order valence-electron chi connectivity index (χ0n) is 9.71. The molecule has 0 saturated carbocycles. The van der Waals surface area contributed by atoms with Gasteiger partial charge in [0.25, 0.3) is 0 Å². The normalized spacial score (nSPS) is 12.1. The average Bonchev–Trinajstić information content (AvgIpc) is 2.27. The number of ether oxygens (including phenoxy) is 1. The van der Waals surface area contributed by atoms with E-state index in [1.165, 1.54) is 7.11 Å². The first-order chi connectivity index (χ1) is 8.24. The number of benzene rings is 1. The highest BCUT2D eigenvalue weighted by Gasteiger charge is 2.17. The fraction of sp³-hybridized carbons (Fsp3) is 0.300. The van der Waals surface area contributed by atoms with E-state index < -0.39 is 10.2 Å². The lowest BCUT2D eigenvalue weighted by Gasteiger charge is -2.17. The van der Waals surface area contributed by atoms with Gasteiger partial charge in [0, 0.05) is 6.42 Å². The first kappa shape index (κ1) is 16.8. The van der Waals surface area contributed by atoms with E-state index in [0.29, 0.717) is 6.42 Å². The molecule has 0 aromatic heterocycles. The number of hydrogen-bond donors (Lipinski definition) is 1. The van der Waals surface area contributed by atoms with Crippen LogP contribution in [0.15, 0.2) is 30.3 Å². The molecule has 8 heteroatoms. The van der Waals surface area contributed by atoms with Crippen LogP contribution < -0.4 is 24.4 Å². The standard InChI is InChI=1S/C10H13NO2.ClHO4/c1-13-10(12)9(11)7-8-5-3-2-4-6-8;2-1(3,4)5/h2-6,9H,7,11H2,1H3;(H,2,3,4,5)/t9-;/m1./s1. The van der Waals surface area contributed by atoms with Crippen molar-refractivity contribution in [2.75, 3.05) is 7.11 Å². The van der Waals surface area contributed by atoms with Crippen LogP contribution in [0.3, 0.4) is 0 Å². The summed E-state index contributed by atoms with van der Waals surface area (Å²) >= 11 is 0. The minimum absolute atomic E-state index is 0.260. The Bertz CT molecular complexity index is 347. The predicted octanol–water partition coefficient (Wildman–Crippen LogP) is -4.74. The molecule has 0 fully saturated rings. The molecule has 0 aliphatic carbocycles. The monoisotopic (exact) mass is 279 g/mol. The van der Waals surface area contributed by atoms with Gasteiger partial charge in [-0.3, -0.25) is 0 Å². The van der Waals surface area contributed by atoms with E-state index in [1.54, 1.807) is 0 Å². The van der Waals surface area contributed by atoms with Crippen molar-refractivity contribution in [1.82, 2.24) is 0 Å². The molecule has 1 atom stereocenters. The second kappa shape index (κ2) is 7.98. The molecule has 3 N–H and O–H groups in total. The van der Waals surface area contributed by atoms with Crippen molar-refractivity contribution in [1.29, 1.82) is 0 Å². The molecule has 0 bridgehead atoms. The van der Waals surface area contributed by atoms with Gasteiger partial charge in [-0.2, -0.15) is 0 Å². The molecule has 0 heterocycles. The molecule has 1 aromatic carbocycles. The summed E-state index contributed by atoms with van der Waals surface area (Å²) < 4.78 is 38.6. The molecule has 0 radical (unpaired) electrons. The topological polar surface area (TPSA) is 146 Å². The van der Waals surface area contributed by atoms with Crippen LogP contribution in [-0.2, 0) is 16.0 Å². The van der Waals surface area contributed by atoms with E-state index in [1.807, 2.05) is 30.3 Å². The largest absolute Gasteiger partial charge is 0.465 e. The van der Waals surface area contributed by atoms with Crippen LogP contribution in [0.5, 0.6) is 0 Å². The molecule has 1 rings (SSSR count). The van der Waals surface area contributed by atoms with Crippen molar-refractivity contribution < 1.29 is 44.1 Å². The van der Waals surface area contributed by atoms with Crippen molar-refractivity contribution >= 4 is 5.97 Å². The Kier molecular flexibility index (Phi) is 7.44. The number of quaternary nitrogens is 1. The lowest BCUT2D eigenvalue weighted by Crippen LogP contribution is -2.68. The zero-order chi connectivity index (χ0) is 14.2. The highest BCUT2D eigenvalue weighted by Crippen LogP contribution is 2.01. The molecule has 0 spiro atoms. The maximum Gasteiger partial charge on any atom is 0.364 e. The van der Waals surface area contributed by atoms with Gasteiger partial charge >= 0.3 is 5.97 Å². The number of rotatable bonds is 3. The second-order valence-corrected chi connectivity index (χ2v) is 4.04. The van der Waals surface area contributed by atoms with Crippen LogP contribution in [0, 0.1) is 10.2 Å². The lowest BCUT2D eigenvalue weighted by atomic mass is 10.1. The van der Waals surface area contributed by atoms with E-state index in [0.717, 1.165) is 5.56 Å². The third-order valence-electron chi connectivity index (χ3n) is 1.86. The van der Waals surface area contributed by atoms with Crippen molar-refractivity contribution in [2.45, 2.75) is 12.5 Å². The highest BCUT2D eigenvalue weighted by molar-refractivity contribution is 5.74. The summed E-state index contributed by atoms with van der Waals surface area (Å²) in [7, 11) is -3.56. The first-order valence-corrected chi connectivity index (χ1v) is 6.04. The number of carbonyl (C=O) groups excluding carboxylic acids is 1. The minimum atomic E-state index is -4.94. The van der Waals surface area contributed by atoms with Gasteiger partial charge < -0.3 is 10.5 Å². The minimum Gasteiger partial charge on any atom is -0.465 e. The van der Waals surface area contributed by atoms with Crippen molar-refractivity contribution in [3.8, 4) is 0 Å². The molecule has 0 amide bonds. The van der Waals surface area contributed by atoms with Gasteiger partial charge in [-0.1, -0.05) is 30.3 Å². The van der Waals surface area contributed by atoms with Crippen molar-refractivity contribution in [3.05, 3.63) is 35.9 Å². The Labute approximate surface area is 106 Å². The molecule has 0 unspecified atom stereocenters. The molecule has 0 saturated heterocycles. The number of carbonyl (C=O) groups is 1. The Morgan fingerprint density at radius 1 is 1.28 bits per heavy atom. The first-order valence-electron chi connectivity index (χ1n) is 4.80.